The standard InChI is InChI=1S/C16H22N4O2S/c1-11-8-20(14-5-6-17-7-13(14)18-10-23)9-12(2)15(11)19(3)16(21)22-4/h5-7,11-12,15H,8-9H2,1-4H3/t11-,12+,15-. The molecule has 0 bridgehead atoms. The average Bonchev–Trinajstić information content (AvgIpc) is 2.54. The minimum atomic E-state index is -0.294. The molecule has 1 fully saturated rings. The smallest absolute Gasteiger partial charge is 0.409 e. The van der Waals surface area contributed by atoms with Gasteiger partial charge in [-0.2, -0.15) is 4.99 Å². The van der Waals surface area contributed by atoms with Crippen molar-refractivity contribution in [2.45, 2.75) is 19.9 Å². The molecule has 1 aliphatic heterocycles. The normalized spacial score (nSPS) is 23.8. The van der Waals surface area contributed by atoms with Crippen molar-refractivity contribution in [3.05, 3.63) is 18.5 Å². The van der Waals surface area contributed by atoms with Crippen LogP contribution in [0.1, 0.15) is 13.8 Å². The molecule has 7 heteroatoms. The van der Waals surface area contributed by atoms with E-state index in [1.54, 1.807) is 24.3 Å². The predicted octanol–water partition coefficient (Wildman–Crippen LogP) is 2.97. The number of pyridine rings is 1. The van der Waals surface area contributed by atoms with Crippen LogP contribution in [0.2, 0.25) is 0 Å². The Morgan fingerprint density at radius 3 is 2.70 bits per heavy atom. The molecule has 0 aromatic carbocycles. The van der Waals surface area contributed by atoms with Crippen molar-refractivity contribution < 1.29 is 9.53 Å². The lowest BCUT2D eigenvalue weighted by Crippen LogP contribution is -2.55. The zero-order valence-electron chi connectivity index (χ0n) is 13.9. The fourth-order valence-electron chi connectivity index (χ4n) is 3.55. The van der Waals surface area contributed by atoms with Crippen LogP contribution in [0.4, 0.5) is 16.2 Å². The van der Waals surface area contributed by atoms with E-state index in [4.69, 9.17) is 17.0 Å². The highest BCUT2D eigenvalue weighted by Crippen LogP contribution is 2.34. The summed E-state index contributed by atoms with van der Waals surface area (Å²) < 4.78 is 4.85. The summed E-state index contributed by atoms with van der Waals surface area (Å²) in [7, 11) is 3.21. The first kappa shape index (κ1) is 17.4. The van der Waals surface area contributed by atoms with Crippen LogP contribution in [0.15, 0.2) is 23.5 Å². The number of carbonyl (C=O) groups excluding carboxylic acids is 1. The van der Waals surface area contributed by atoms with Crippen LogP contribution in [0, 0.1) is 11.8 Å². The highest BCUT2D eigenvalue weighted by atomic mass is 32.1. The fraction of sp³-hybridized carbons (Fsp3) is 0.562. The number of isothiocyanates is 1. The number of hydrogen-bond donors (Lipinski definition) is 0. The van der Waals surface area contributed by atoms with Crippen molar-refractivity contribution in [1.29, 1.82) is 0 Å². The molecule has 0 unspecified atom stereocenters. The molecule has 1 aliphatic rings. The molecule has 0 aliphatic carbocycles. The molecule has 3 atom stereocenters. The Morgan fingerprint density at radius 2 is 2.13 bits per heavy atom. The van der Waals surface area contributed by atoms with E-state index in [0.29, 0.717) is 11.8 Å². The largest absolute Gasteiger partial charge is 0.453 e. The number of anilines is 1. The third kappa shape index (κ3) is 3.68. The number of rotatable bonds is 3. The van der Waals surface area contributed by atoms with Gasteiger partial charge in [-0.05, 0) is 30.1 Å². The van der Waals surface area contributed by atoms with Crippen LogP contribution >= 0.6 is 12.2 Å². The van der Waals surface area contributed by atoms with Gasteiger partial charge in [0.15, 0.2) is 0 Å². The number of carbonyl (C=O) groups is 1. The first-order valence-corrected chi connectivity index (χ1v) is 7.98. The quantitative estimate of drug-likeness (QED) is 0.628. The Morgan fingerprint density at radius 1 is 1.48 bits per heavy atom. The minimum absolute atomic E-state index is 0.137. The van der Waals surface area contributed by atoms with E-state index >= 15 is 0 Å². The SMILES string of the molecule is COC(=O)N(C)[C@@H]1[C@H](C)CN(c2ccncc2N=C=S)C[C@@H]1C. The molecule has 124 valence electrons. The van der Waals surface area contributed by atoms with Crippen molar-refractivity contribution >= 4 is 34.8 Å². The van der Waals surface area contributed by atoms with Gasteiger partial charge in [0.1, 0.15) is 5.69 Å². The number of aliphatic imine (C=N–C) groups is 1. The second-order valence-corrected chi connectivity index (χ2v) is 6.18. The topological polar surface area (TPSA) is 58.0 Å². The number of aromatic nitrogens is 1. The molecule has 1 amide bonds. The molecule has 2 heterocycles. The molecule has 1 aromatic rings. The number of thiocarbonyl (C=S) groups is 1. The summed E-state index contributed by atoms with van der Waals surface area (Å²) in [5, 5.41) is 2.41. The predicted molar refractivity (Wildman–Crippen MR) is 93.4 cm³/mol. The van der Waals surface area contributed by atoms with Gasteiger partial charge in [0.25, 0.3) is 0 Å². The number of piperidine rings is 1. The molecule has 0 saturated carbocycles. The number of methoxy groups -OCH3 is 1. The van der Waals surface area contributed by atoms with Gasteiger partial charge in [-0.1, -0.05) is 13.8 Å². The molecule has 0 radical (unpaired) electrons. The zero-order valence-corrected chi connectivity index (χ0v) is 14.7. The lowest BCUT2D eigenvalue weighted by molar-refractivity contribution is 0.0791. The summed E-state index contributed by atoms with van der Waals surface area (Å²) in [5.74, 6) is 0.584. The molecule has 1 aromatic heterocycles. The van der Waals surface area contributed by atoms with E-state index in [9.17, 15) is 4.79 Å². The Kier molecular flexibility index (Phi) is 5.69. The van der Waals surface area contributed by atoms with Gasteiger partial charge in [0.2, 0.25) is 0 Å². The number of ether oxygens (including phenoxy) is 1. The molecule has 2 rings (SSSR count). The zero-order chi connectivity index (χ0) is 17.0. The van der Waals surface area contributed by atoms with Crippen LogP contribution in [-0.2, 0) is 4.74 Å². The summed E-state index contributed by atoms with van der Waals surface area (Å²) in [6.07, 6.45) is 3.15. The Labute approximate surface area is 142 Å². The third-order valence-corrected chi connectivity index (χ3v) is 4.47. The van der Waals surface area contributed by atoms with Gasteiger partial charge in [-0.3, -0.25) is 4.98 Å². The van der Waals surface area contributed by atoms with Gasteiger partial charge < -0.3 is 14.5 Å². The van der Waals surface area contributed by atoms with E-state index in [1.165, 1.54) is 7.11 Å². The second-order valence-electron chi connectivity index (χ2n) is 6.00. The maximum atomic E-state index is 11.8. The third-order valence-electron chi connectivity index (χ3n) is 4.38. The van der Waals surface area contributed by atoms with Gasteiger partial charge in [-0.25, -0.2) is 4.79 Å². The van der Waals surface area contributed by atoms with Crippen LogP contribution in [0.5, 0.6) is 0 Å². The van der Waals surface area contributed by atoms with Gasteiger partial charge in [0, 0.05) is 32.4 Å². The molecule has 6 nitrogen and oxygen atoms in total. The van der Waals surface area contributed by atoms with Crippen LogP contribution in [0.25, 0.3) is 0 Å². The van der Waals surface area contributed by atoms with E-state index in [2.05, 4.69) is 33.9 Å². The first-order valence-electron chi connectivity index (χ1n) is 7.57. The number of hydrogen-bond acceptors (Lipinski definition) is 6. The molecule has 0 spiro atoms. The highest BCUT2D eigenvalue weighted by molar-refractivity contribution is 7.78. The molecule has 0 N–H and O–H groups in total. The molecule has 1 saturated heterocycles. The summed E-state index contributed by atoms with van der Waals surface area (Å²) in [4.78, 5) is 24.0. The van der Waals surface area contributed by atoms with Crippen molar-refractivity contribution in [2.24, 2.45) is 16.8 Å². The molecular formula is C16H22N4O2S. The van der Waals surface area contributed by atoms with Gasteiger partial charge in [0.05, 0.1) is 24.2 Å². The average molecular weight is 334 g/mol. The highest BCUT2D eigenvalue weighted by Gasteiger charge is 2.37. The summed E-state index contributed by atoms with van der Waals surface area (Å²) in [6.45, 7) is 5.94. The Bertz CT molecular complexity index is 606. The maximum absolute atomic E-state index is 11.8. The van der Waals surface area contributed by atoms with Crippen molar-refractivity contribution in [3.8, 4) is 0 Å². The minimum Gasteiger partial charge on any atom is -0.453 e. The fourth-order valence-corrected chi connectivity index (χ4v) is 3.65. The van der Waals surface area contributed by atoms with Gasteiger partial charge >= 0.3 is 6.09 Å². The Hall–Kier alpha value is -1.98. The second kappa shape index (κ2) is 7.53. The lowest BCUT2D eigenvalue weighted by Gasteiger charge is -2.45. The number of amides is 1. The summed E-state index contributed by atoms with van der Waals surface area (Å²) >= 11 is 4.72. The summed E-state index contributed by atoms with van der Waals surface area (Å²) in [6, 6.07) is 2.08. The van der Waals surface area contributed by atoms with Crippen LogP contribution in [-0.4, -0.2) is 54.4 Å². The van der Waals surface area contributed by atoms with Crippen LogP contribution in [0.3, 0.4) is 0 Å². The monoisotopic (exact) mass is 334 g/mol. The summed E-state index contributed by atoms with van der Waals surface area (Å²) in [5.41, 5.74) is 1.72. The van der Waals surface area contributed by atoms with Crippen molar-refractivity contribution in [1.82, 2.24) is 9.88 Å². The van der Waals surface area contributed by atoms with E-state index in [-0.39, 0.29) is 12.1 Å². The Balaban J connectivity index is 2.22. The van der Waals surface area contributed by atoms with E-state index < -0.39 is 0 Å². The van der Waals surface area contributed by atoms with Gasteiger partial charge in [-0.15, -0.1) is 0 Å². The lowest BCUT2D eigenvalue weighted by atomic mass is 9.84. The molecular weight excluding hydrogens is 312 g/mol. The van der Waals surface area contributed by atoms with Crippen molar-refractivity contribution in [3.63, 3.8) is 0 Å². The number of nitrogens with zero attached hydrogens (tertiary/aromatic N) is 4. The van der Waals surface area contributed by atoms with Crippen molar-refractivity contribution in [2.75, 3.05) is 32.1 Å². The first-order chi connectivity index (χ1) is 11.0. The maximum Gasteiger partial charge on any atom is 0.409 e. The van der Waals surface area contributed by atoms with E-state index in [1.807, 2.05) is 6.07 Å². The van der Waals surface area contributed by atoms with Crippen LogP contribution < -0.4 is 4.90 Å². The molecule has 23 heavy (non-hydrogen) atoms. The van der Waals surface area contributed by atoms with E-state index in [0.717, 1.165) is 24.5 Å².